The Morgan fingerprint density at radius 2 is 1.84 bits per heavy atom. The zero-order chi connectivity index (χ0) is 14.1. The molecule has 106 valence electrons. The van der Waals surface area contributed by atoms with E-state index in [0.717, 1.165) is 19.4 Å². The molecule has 0 aromatic heterocycles. The average molecular weight is 305 g/mol. The second kappa shape index (κ2) is 9.32. The van der Waals surface area contributed by atoms with Gasteiger partial charge in [-0.25, -0.2) is 0 Å². The number of ether oxygens (including phenoxy) is 2. The van der Waals surface area contributed by atoms with E-state index in [1.807, 2.05) is 0 Å². The van der Waals surface area contributed by atoms with Gasteiger partial charge in [0.15, 0.2) is 5.78 Å². The van der Waals surface area contributed by atoms with Gasteiger partial charge in [-0.2, -0.15) is 0 Å². The molecular formula is C14H18Cl2O3. The minimum atomic E-state index is -0.118. The van der Waals surface area contributed by atoms with E-state index in [1.165, 1.54) is 0 Å². The monoisotopic (exact) mass is 304 g/mol. The Hall–Kier alpha value is -0.610. The van der Waals surface area contributed by atoms with Crippen LogP contribution in [-0.2, 0) is 9.47 Å². The van der Waals surface area contributed by atoms with Gasteiger partial charge in [0.05, 0.1) is 23.3 Å². The van der Waals surface area contributed by atoms with Crippen LogP contribution in [0.5, 0.6) is 0 Å². The van der Waals surface area contributed by atoms with E-state index >= 15 is 0 Å². The van der Waals surface area contributed by atoms with Crippen molar-refractivity contribution in [2.45, 2.75) is 19.8 Å². The van der Waals surface area contributed by atoms with Gasteiger partial charge < -0.3 is 9.47 Å². The largest absolute Gasteiger partial charge is 0.379 e. The van der Waals surface area contributed by atoms with Crippen molar-refractivity contribution in [2.75, 3.05) is 26.4 Å². The Morgan fingerprint density at radius 3 is 2.53 bits per heavy atom. The molecule has 0 bridgehead atoms. The molecule has 1 aromatic rings. The third-order valence-corrected chi connectivity index (χ3v) is 3.23. The van der Waals surface area contributed by atoms with Gasteiger partial charge in [0.2, 0.25) is 0 Å². The van der Waals surface area contributed by atoms with Crippen molar-refractivity contribution in [3.05, 3.63) is 33.8 Å². The van der Waals surface area contributed by atoms with E-state index in [2.05, 4.69) is 6.92 Å². The lowest BCUT2D eigenvalue weighted by Gasteiger charge is -2.05. The van der Waals surface area contributed by atoms with Crippen LogP contribution in [-0.4, -0.2) is 32.2 Å². The van der Waals surface area contributed by atoms with E-state index < -0.39 is 0 Å². The molecule has 0 atom stereocenters. The highest BCUT2D eigenvalue weighted by molar-refractivity contribution is 6.42. The zero-order valence-corrected chi connectivity index (χ0v) is 12.5. The topological polar surface area (TPSA) is 35.5 Å². The van der Waals surface area contributed by atoms with Crippen molar-refractivity contribution in [1.29, 1.82) is 0 Å². The number of hydrogen-bond acceptors (Lipinski definition) is 3. The molecule has 0 radical (unpaired) electrons. The van der Waals surface area contributed by atoms with Crippen molar-refractivity contribution in [2.24, 2.45) is 0 Å². The van der Waals surface area contributed by atoms with Crippen LogP contribution in [0.4, 0.5) is 0 Å². The number of benzene rings is 1. The number of hydrogen-bond donors (Lipinski definition) is 0. The molecule has 0 heterocycles. The summed E-state index contributed by atoms with van der Waals surface area (Å²) in [7, 11) is 0. The lowest BCUT2D eigenvalue weighted by atomic mass is 10.1. The number of ketones is 1. The number of Topliss-reactive ketones (excluding diaryl/α,β-unsaturated/α-hetero) is 1. The van der Waals surface area contributed by atoms with Crippen molar-refractivity contribution in [3.8, 4) is 0 Å². The minimum absolute atomic E-state index is 0.0229. The summed E-state index contributed by atoms with van der Waals surface area (Å²) in [5.74, 6) is -0.118. The molecule has 1 rings (SSSR count). The van der Waals surface area contributed by atoms with Crippen molar-refractivity contribution in [3.63, 3.8) is 0 Å². The fourth-order valence-corrected chi connectivity index (χ4v) is 1.68. The first-order chi connectivity index (χ1) is 9.15. The molecular weight excluding hydrogens is 287 g/mol. The van der Waals surface area contributed by atoms with E-state index in [-0.39, 0.29) is 12.4 Å². The second-order valence-corrected chi connectivity index (χ2v) is 4.88. The molecule has 0 aliphatic carbocycles. The standard InChI is InChI=1S/C14H18Cl2O3/c1-2-3-6-18-7-8-19-10-14(17)11-4-5-12(15)13(16)9-11/h4-5,9H,2-3,6-8,10H2,1H3. The number of carbonyl (C=O) groups excluding carboxylic acids is 1. The van der Waals surface area contributed by atoms with Crippen LogP contribution in [0.2, 0.25) is 10.0 Å². The summed E-state index contributed by atoms with van der Waals surface area (Å²) < 4.78 is 10.6. The Labute approximate surface area is 123 Å². The third kappa shape index (κ3) is 6.39. The second-order valence-electron chi connectivity index (χ2n) is 4.07. The van der Waals surface area contributed by atoms with Gasteiger partial charge in [0.25, 0.3) is 0 Å². The molecule has 0 saturated carbocycles. The molecule has 0 unspecified atom stereocenters. The molecule has 0 spiro atoms. The van der Waals surface area contributed by atoms with E-state index in [4.69, 9.17) is 32.7 Å². The summed E-state index contributed by atoms with van der Waals surface area (Å²) in [6.45, 7) is 3.79. The van der Waals surface area contributed by atoms with Crippen LogP contribution >= 0.6 is 23.2 Å². The molecule has 0 aliphatic heterocycles. The number of rotatable bonds is 9. The molecule has 3 nitrogen and oxygen atoms in total. The van der Waals surface area contributed by atoms with Crippen LogP contribution in [0.3, 0.4) is 0 Å². The maximum Gasteiger partial charge on any atom is 0.188 e. The Bertz CT molecular complexity index is 408. The molecule has 5 heteroatoms. The fourth-order valence-electron chi connectivity index (χ4n) is 1.38. The summed E-state index contributed by atoms with van der Waals surface area (Å²) in [5.41, 5.74) is 0.501. The first kappa shape index (κ1) is 16.4. The smallest absolute Gasteiger partial charge is 0.188 e. The van der Waals surface area contributed by atoms with Crippen LogP contribution in [0.1, 0.15) is 30.1 Å². The van der Waals surface area contributed by atoms with Gasteiger partial charge in [0.1, 0.15) is 6.61 Å². The molecule has 0 fully saturated rings. The SMILES string of the molecule is CCCCOCCOCC(=O)c1ccc(Cl)c(Cl)c1. The fraction of sp³-hybridized carbons (Fsp3) is 0.500. The summed E-state index contributed by atoms with van der Waals surface area (Å²) in [6.07, 6.45) is 2.15. The zero-order valence-electron chi connectivity index (χ0n) is 11.0. The first-order valence-electron chi connectivity index (χ1n) is 6.29. The number of unbranched alkanes of at least 4 members (excludes halogenated alkanes) is 1. The highest BCUT2D eigenvalue weighted by atomic mass is 35.5. The van der Waals surface area contributed by atoms with Crippen molar-refractivity contribution < 1.29 is 14.3 Å². The van der Waals surface area contributed by atoms with E-state index in [9.17, 15) is 4.79 Å². The molecule has 1 aromatic carbocycles. The van der Waals surface area contributed by atoms with Crippen molar-refractivity contribution in [1.82, 2.24) is 0 Å². The highest BCUT2D eigenvalue weighted by Crippen LogP contribution is 2.22. The van der Waals surface area contributed by atoms with Gasteiger partial charge in [0, 0.05) is 12.2 Å². The maximum atomic E-state index is 11.8. The summed E-state index contributed by atoms with van der Waals surface area (Å²) in [4.78, 5) is 11.8. The molecule has 0 aliphatic rings. The van der Waals surface area contributed by atoms with Crippen LogP contribution < -0.4 is 0 Å². The molecule has 0 amide bonds. The average Bonchev–Trinajstić information content (AvgIpc) is 2.40. The maximum absolute atomic E-state index is 11.8. The Balaban J connectivity index is 2.22. The molecule has 0 saturated heterocycles. The van der Waals surface area contributed by atoms with Crippen molar-refractivity contribution >= 4 is 29.0 Å². The Kier molecular flexibility index (Phi) is 8.07. The third-order valence-electron chi connectivity index (χ3n) is 2.49. The lowest BCUT2D eigenvalue weighted by molar-refractivity contribution is 0.0432. The van der Waals surface area contributed by atoms with E-state index in [0.29, 0.717) is 28.8 Å². The van der Waals surface area contributed by atoms with Gasteiger partial charge in [-0.3, -0.25) is 4.79 Å². The molecule has 19 heavy (non-hydrogen) atoms. The van der Waals surface area contributed by atoms with Crippen LogP contribution in [0, 0.1) is 0 Å². The predicted molar refractivity (Wildman–Crippen MR) is 77.3 cm³/mol. The number of carbonyl (C=O) groups is 1. The normalized spacial score (nSPS) is 10.7. The summed E-state index contributed by atoms with van der Waals surface area (Å²) >= 11 is 11.6. The lowest BCUT2D eigenvalue weighted by Crippen LogP contribution is -2.13. The molecule has 0 N–H and O–H groups in total. The number of halogens is 2. The minimum Gasteiger partial charge on any atom is -0.379 e. The highest BCUT2D eigenvalue weighted by Gasteiger charge is 2.08. The summed E-state index contributed by atoms with van der Waals surface area (Å²) in [6, 6.07) is 4.79. The Morgan fingerprint density at radius 1 is 1.11 bits per heavy atom. The van der Waals surface area contributed by atoms with Gasteiger partial charge >= 0.3 is 0 Å². The van der Waals surface area contributed by atoms with Gasteiger partial charge in [-0.05, 0) is 24.6 Å². The van der Waals surface area contributed by atoms with Gasteiger partial charge in [-0.1, -0.05) is 36.5 Å². The summed E-state index contributed by atoms with van der Waals surface area (Å²) in [5, 5.41) is 0.805. The van der Waals surface area contributed by atoms with Crippen LogP contribution in [0.15, 0.2) is 18.2 Å². The quantitative estimate of drug-likeness (QED) is 0.511. The predicted octanol–water partition coefficient (Wildman–Crippen LogP) is 4.01. The van der Waals surface area contributed by atoms with Crippen LogP contribution in [0.25, 0.3) is 0 Å². The van der Waals surface area contributed by atoms with E-state index in [1.54, 1.807) is 18.2 Å². The first-order valence-corrected chi connectivity index (χ1v) is 7.04. The van der Waals surface area contributed by atoms with Gasteiger partial charge in [-0.15, -0.1) is 0 Å².